The number of pyridine rings is 1. The Hall–Kier alpha value is -8.06. The van der Waals surface area contributed by atoms with E-state index in [-0.39, 0.29) is 66.9 Å². The number of nitrogens with zero attached hydrogens (tertiary/aromatic N) is 3. The number of carboxylic acids is 1. The van der Waals surface area contributed by atoms with Gasteiger partial charge in [-0.25, -0.2) is 9.59 Å². The molecule has 2 fully saturated rings. The first-order valence-corrected chi connectivity index (χ1v) is 23.5. The third-order valence-electron chi connectivity index (χ3n) is 12.3. The number of ether oxygens (including phenoxy) is 3. The maximum atomic E-state index is 13.5. The van der Waals surface area contributed by atoms with Gasteiger partial charge in [0.1, 0.15) is 42.0 Å². The molecule has 6 amide bonds. The topological polar surface area (TPSA) is 342 Å². The van der Waals surface area contributed by atoms with Crippen molar-refractivity contribution in [3.63, 3.8) is 0 Å². The SMILES string of the molecule is O=C(CCN1C(=O)C=CC1=O)NCCC(=O)Nc1cc(COC(=O)Nc2cccc(C(=O)N3CCC(CCCCNc4c(Nc5ccncc5)c(=O)c4=O)CC3)c2)ccc1O[C@@H]1O[C@H](C(=O)O)[C@@H](O)[C@H](O)[C@H]1O. The number of piperidine rings is 1. The number of hydrogen-bond donors (Lipinski definition) is 9. The third-order valence-corrected chi connectivity index (χ3v) is 12.3. The van der Waals surface area contributed by atoms with E-state index in [1.54, 1.807) is 47.6 Å². The largest absolute Gasteiger partial charge is 0.479 e. The molecular weight excluding hydrogens is 957 g/mol. The Morgan fingerprint density at radius 3 is 2.22 bits per heavy atom. The fourth-order valence-corrected chi connectivity index (χ4v) is 8.29. The highest BCUT2D eigenvalue weighted by atomic mass is 16.7. The third kappa shape index (κ3) is 13.7. The van der Waals surface area contributed by atoms with Gasteiger partial charge >= 0.3 is 12.1 Å². The van der Waals surface area contributed by atoms with Crippen LogP contribution in [0.25, 0.3) is 0 Å². The lowest BCUT2D eigenvalue weighted by Crippen LogP contribution is -2.61. The number of aliphatic hydroxyl groups excluding tert-OH is 3. The van der Waals surface area contributed by atoms with E-state index in [0.29, 0.717) is 42.4 Å². The van der Waals surface area contributed by atoms with Gasteiger partial charge in [-0.2, -0.15) is 0 Å². The van der Waals surface area contributed by atoms with E-state index in [1.807, 2.05) is 0 Å². The molecule has 0 spiro atoms. The number of rotatable bonds is 22. The summed E-state index contributed by atoms with van der Waals surface area (Å²) in [7, 11) is 0. The Labute approximate surface area is 416 Å². The zero-order chi connectivity index (χ0) is 52.2. The summed E-state index contributed by atoms with van der Waals surface area (Å²) in [5.74, 6) is -3.96. The van der Waals surface area contributed by atoms with Crippen molar-refractivity contribution in [2.24, 2.45) is 5.92 Å². The van der Waals surface area contributed by atoms with Crippen LogP contribution in [0.4, 0.5) is 33.2 Å². The summed E-state index contributed by atoms with van der Waals surface area (Å²) >= 11 is 0. The van der Waals surface area contributed by atoms with Crippen molar-refractivity contribution in [1.29, 1.82) is 0 Å². The average Bonchev–Trinajstić information content (AvgIpc) is 3.71. The number of amides is 6. The summed E-state index contributed by atoms with van der Waals surface area (Å²) in [6.45, 7) is 0.916. The number of aliphatic carboxylic acids is 1. The van der Waals surface area contributed by atoms with Gasteiger partial charge in [-0.05, 0) is 73.2 Å². The minimum absolute atomic E-state index is 0.0900. The summed E-state index contributed by atoms with van der Waals surface area (Å²) in [4.78, 5) is 118. The van der Waals surface area contributed by atoms with Crippen LogP contribution in [0.3, 0.4) is 0 Å². The number of carbonyl (C=O) groups is 7. The van der Waals surface area contributed by atoms with Crippen LogP contribution < -0.4 is 42.2 Å². The number of unbranched alkanes of at least 4 members (excludes halogenated alkanes) is 1. The number of nitrogens with one attached hydrogen (secondary N) is 5. The zero-order valence-electron chi connectivity index (χ0n) is 39.2. The van der Waals surface area contributed by atoms with E-state index in [0.717, 1.165) is 49.2 Å². The number of anilines is 5. The summed E-state index contributed by atoms with van der Waals surface area (Å²) in [6.07, 6.45) is -1.59. The second kappa shape index (κ2) is 24.4. The van der Waals surface area contributed by atoms with Crippen molar-refractivity contribution in [3.05, 3.63) is 111 Å². The van der Waals surface area contributed by atoms with Gasteiger partial charge in [0.25, 0.3) is 28.6 Å². The highest BCUT2D eigenvalue weighted by Gasteiger charge is 2.48. The molecule has 3 aliphatic rings. The monoisotopic (exact) mass is 1010 g/mol. The molecule has 3 aliphatic heterocycles. The highest BCUT2D eigenvalue weighted by Crippen LogP contribution is 2.32. The molecule has 73 heavy (non-hydrogen) atoms. The molecular formula is C49H54N8O16. The second-order valence-corrected chi connectivity index (χ2v) is 17.5. The van der Waals surface area contributed by atoms with Gasteiger partial charge in [0.2, 0.25) is 18.1 Å². The van der Waals surface area contributed by atoms with Gasteiger partial charge in [0.05, 0.1) is 5.69 Å². The van der Waals surface area contributed by atoms with E-state index >= 15 is 0 Å². The molecule has 24 nitrogen and oxygen atoms in total. The van der Waals surface area contributed by atoms with Crippen LogP contribution in [0, 0.1) is 5.92 Å². The molecule has 386 valence electrons. The van der Waals surface area contributed by atoms with Crippen LogP contribution >= 0.6 is 0 Å². The zero-order valence-corrected chi connectivity index (χ0v) is 39.2. The van der Waals surface area contributed by atoms with Crippen molar-refractivity contribution in [3.8, 4) is 5.75 Å². The number of aromatic nitrogens is 1. The Morgan fingerprint density at radius 1 is 0.767 bits per heavy atom. The minimum atomic E-state index is -2.00. The number of benzene rings is 2. The van der Waals surface area contributed by atoms with Gasteiger partial charge in [-0.15, -0.1) is 0 Å². The smallest absolute Gasteiger partial charge is 0.411 e. The normalized spacial score (nSPS) is 19.8. The summed E-state index contributed by atoms with van der Waals surface area (Å²) in [6, 6.07) is 13.8. The second-order valence-electron chi connectivity index (χ2n) is 17.5. The molecule has 24 heteroatoms. The first-order valence-electron chi connectivity index (χ1n) is 23.5. The van der Waals surface area contributed by atoms with E-state index in [2.05, 4.69) is 31.6 Å². The van der Waals surface area contributed by atoms with E-state index < -0.39 is 77.3 Å². The molecule has 3 aromatic carbocycles. The van der Waals surface area contributed by atoms with E-state index in [4.69, 9.17) is 14.2 Å². The molecule has 0 radical (unpaired) electrons. The lowest BCUT2D eigenvalue weighted by Gasteiger charge is -2.38. The van der Waals surface area contributed by atoms with Gasteiger partial charge in [-0.3, -0.25) is 48.8 Å². The van der Waals surface area contributed by atoms with Gasteiger partial charge < -0.3 is 60.8 Å². The fraction of sp³-hybridized carbons (Fsp3) is 0.388. The molecule has 4 aromatic rings. The Morgan fingerprint density at radius 2 is 1.49 bits per heavy atom. The van der Waals surface area contributed by atoms with Gasteiger partial charge in [0, 0.05) is 87.0 Å². The molecule has 0 bridgehead atoms. The van der Waals surface area contributed by atoms with Crippen LogP contribution in [-0.2, 0) is 40.1 Å². The maximum absolute atomic E-state index is 13.5. The average molecular weight is 1010 g/mol. The van der Waals surface area contributed by atoms with Crippen molar-refractivity contribution in [1.82, 2.24) is 20.1 Å². The van der Waals surface area contributed by atoms with Crippen LogP contribution in [-0.4, -0.2) is 140 Å². The first-order chi connectivity index (χ1) is 35.1. The van der Waals surface area contributed by atoms with Crippen LogP contribution in [0.15, 0.2) is 88.7 Å². The van der Waals surface area contributed by atoms with E-state index in [1.165, 1.54) is 24.3 Å². The Kier molecular flexibility index (Phi) is 17.6. The predicted molar refractivity (Wildman–Crippen MR) is 258 cm³/mol. The molecule has 0 aliphatic carbocycles. The number of aliphatic hydroxyl groups is 3. The molecule has 5 atom stereocenters. The standard InChI is InChI=1S/C49H54N8O16/c58-34(16-23-57-36(60)9-10-37(57)61)51-20-13-35(59)55-32-24-28(7-8-33(32)72-48-44(66)42(64)43(65)45(73-48)47(68)69)26-71-49(70)54-31-6-3-5-29(25-31)46(67)56-21-14-27(15-22-56)4-1-2-17-52-38-39(41(63)40(38)62)53-30-11-18-50-19-12-30/h3,5-12,18-19,24-25,27,42-45,48,52,64-66H,1-2,4,13-17,20-23,26H2,(H,50,53)(H,51,58)(H,54,70)(H,55,59)(H,68,69)/t42-,43-,44+,45-,48+/m0/s1. The molecule has 7 rings (SSSR count). The lowest BCUT2D eigenvalue weighted by atomic mass is 9.91. The number of likely N-dealkylation sites (tertiary alicyclic amines) is 1. The predicted octanol–water partition coefficient (Wildman–Crippen LogP) is 1.34. The summed E-state index contributed by atoms with van der Waals surface area (Å²) < 4.78 is 16.4. The first kappa shape index (κ1) is 52.8. The maximum Gasteiger partial charge on any atom is 0.411 e. The molecule has 4 heterocycles. The van der Waals surface area contributed by atoms with Crippen molar-refractivity contribution in [2.45, 2.75) is 82.3 Å². The van der Waals surface area contributed by atoms with E-state index in [9.17, 15) is 63.6 Å². The lowest BCUT2D eigenvalue weighted by molar-refractivity contribution is -0.271. The number of hydrogen-bond acceptors (Lipinski definition) is 18. The number of carbonyl (C=O) groups excluding carboxylic acids is 6. The summed E-state index contributed by atoms with van der Waals surface area (Å²) in [5.41, 5.74) is 0.911. The molecule has 2 saturated heterocycles. The number of imide groups is 1. The molecule has 0 saturated carbocycles. The quantitative estimate of drug-likeness (QED) is 0.0305. The van der Waals surface area contributed by atoms with Gasteiger partial charge in [0.15, 0.2) is 6.10 Å². The van der Waals surface area contributed by atoms with Crippen LogP contribution in [0.1, 0.15) is 60.9 Å². The number of carboxylic acid groups (broad SMARTS) is 1. The molecule has 9 N–H and O–H groups in total. The highest BCUT2D eigenvalue weighted by molar-refractivity contribution is 6.13. The van der Waals surface area contributed by atoms with Gasteiger partial charge in [-0.1, -0.05) is 25.0 Å². The summed E-state index contributed by atoms with van der Waals surface area (Å²) in [5, 5.41) is 54.2. The van der Waals surface area contributed by atoms with Crippen LogP contribution in [0.2, 0.25) is 0 Å². The Bertz CT molecular complexity index is 2770. The van der Waals surface area contributed by atoms with Crippen molar-refractivity contribution < 1.29 is 68.2 Å². The Balaban J connectivity index is 0.876. The van der Waals surface area contributed by atoms with Crippen molar-refractivity contribution >= 4 is 70.0 Å². The van der Waals surface area contributed by atoms with Crippen molar-refractivity contribution in [2.75, 3.05) is 54.0 Å². The molecule has 0 unspecified atom stereocenters. The van der Waals surface area contributed by atoms with Crippen LogP contribution in [0.5, 0.6) is 5.75 Å². The minimum Gasteiger partial charge on any atom is -0.479 e. The molecule has 1 aromatic heterocycles. The fourth-order valence-electron chi connectivity index (χ4n) is 8.29.